The van der Waals surface area contributed by atoms with Gasteiger partial charge in [-0.25, -0.2) is 0 Å². The average molecular weight is 407 g/mol. The van der Waals surface area contributed by atoms with Crippen molar-refractivity contribution in [1.29, 1.82) is 0 Å². The van der Waals surface area contributed by atoms with Gasteiger partial charge in [-0.05, 0) is 82.7 Å². The summed E-state index contributed by atoms with van der Waals surface area (Å²) >= 11 is 0. The number of ketones is 1. The Bertz CT molecular complexity index is 607. The van der Waals surface area contributed by atoms with Crippen molar-refractivity contribution < 1.29 is 14.7 Å². The smallest absolute Gasteiger partial charge is 0.142 e. The lowest BCUT2D eigenvalue weighted by Crippen LogP contribution is -2.56. The van der Waals surface area contributed by atoms with Crippen molar-refractivity contribution in [3.8, 4) is 0 Å². The van der Waals surface area contributed by atoms with Crippen LogP contribution in [0.4, 0.5) is 0 Å². The molecule has 0 aromatic rings. The number of aliphatic hydroxyl groups is 1. The minimum Gasteiger partial charge on any atom is -0.395 e. The third kappa shape index (κ3) is 4.41. The van der Waals surface area contributed by atoms with Crippen LogP contribution in [0, 0.1) is 34.5 Å². The summed E-state index contributed by atoms with van der Waals surface area (Å²) in [6.07, 6.45) is 9.74. The zero-order valence-electron chi connectivity index (χ0n) is 19.2. The van der Waals surface area contributed by atoms with Gasteiger partial charge in [0, 0.05) is 30.0 Å². The summed E-state index contributed by atoms with van der Waals surface area (Å²) in [5, 5.41) is 14.4. The van der Waals surface area contributed by atoms with Crippen LogP contribution in [0.5, 0.6) is 0 Å². The van der Waals surface area contributed by atoms with Crippen LogP contribution in [0.3, 0.4) is 0 Å². The molecule has 0 amide bonds. The van der Waals surface area contributed by atoms with Gasteiger partial charge in [0.15, 0.2) is 0 Å². The highest BCUT2D eigenvalue weighted by molar-refractivity contribution is 5.91. The second-order valence-corrected chi connectivity index (χ2v) is 10.6. The maximum atomic E-state index is 13.8. The van der Waals surface area contributed by atoms with Crippen molar-refractivity contribution in [1.82, 2.24) is 4.90 Å². The number of nitrogens with zero attached hydrogens (tertiary/aromatic N) is 2. The molecule has 5 nitrogen and oxygen atoms in total. The first-order valence-electron chi connectivity index (χ1n) is 11.7. The Labute approximate surface area is 177 Å². The zero-order valence-corrected chi connectivity index (χ0v) is 19.2. The van der Waals surface area contributed by atoms with Gasteiger partial charge < -0.3 is 14.8 Å². The monoisotopic (exact) mass is 406 g/mol. The molecule has 0 spiro atoms. The van der Waals surface area contributed by atoms with E-state index in [1.54, 1.807) is 0 Å². The van der Waals surface area contributed by atoms with E-state index in [0.29, 0.717) is 24.2 Å². The molecule has 29 heavy (non-hydrogen) atoms. The van der Waals surface area contributed by atoms with Crippen molar-refractivity contribution in [3.05, 3.63) is 0 Å². The lowest BCUT2D eigenvalue weighted by molar-refractivity contribution is -0.155. The Morgan fingerprint density at radius 3 is 2.69 bits per heavy atom. The zero-order chi connectivity index (χ0) is 21.2. The first-order valence-corrected chi connectivity index (χ1v) is 11.7. The highest BCUT2D eigenvalue weighted by Gasteiger charge is 2.57. The fourth-order valence-corrected chi connectivity index (χ4v) is 6.70. The van der Waals surface area contributed by atoms with Gasteiger partial charge in [-0.15, -0.1) is 0 Å². The molecule has 3 fully saturated rings. The third-order valence-electron chi connectivity index (χ3n) is 8.74. The van der Waals surface area contributed by atoms with E-state index in [-0.39, 0.29) is 28.8 Å². The van der Waals surface area contributed by atoms with E-state index in [1.807, 2.05) is 20.3 Å². The Balaban J connectivity index is 1.70. The SMILES string of the molecule is CC[C@@H](/C=N/OCCN(C)C)[C@@]1(C)CCC2C(CC[C@H]3C[C@@H](O)CC[C@]23C)C1=O. The Hall–Kier alpha value is -0.940. The number of fused-ring (bicyclic) bond motifs is 3. The number of aliphatic hydroxyl groups excluding tert-OH is 1. The number of likely N-dealkylation sites (N-methyl/N-ethyl adjacent to an activating group) is 1. The number of hydrogen-bond donors (Lipinski definition) is 1. The second-order valence-electron chi connectivity index (χ2n) is 10.6. The summed E-state index contributed by atoms with van der Waals surface area (Å²) in [6.45, 7) is 8.14. The molecule has 3 aliphatic carbocycles. The van der Waals surface area contributed by atoms with Gasteiger partial charge in [0.25, 0.3) is 0 Å². The molecular formula is C24H42N2O3. The lowest BCUT2D eigenvalue weighted by Gasteiger charge is -2.58. The quantitative estimate of drug-likeness (QED) is 0.392. The highest BCUT2D eigenvalue weighted by atomic mass is 16.6. The molecular weight excluding hydrogens is 364 g/mol. The number of carbonyl (C=O) groups is 1. The topological polar surface area (TPSA) is 62.1 Å². The Kier molecular flexibility index (Phi) is 7.10. The van der Waals surface area contributed by atoms with E-state index in [9.17, 15) is 9.90 Å². The van der Waals surface area contributed by atoms with Crippen LogP contribution < -0.4 is 0 Å². The summed E-state index contributed by atoms with van der Waals surface area (Å²) in [4.78, 5) is 21.3. The van der Waals surface area contributed by atoms with Crippen LogP contribution in [0.2, 0.25) is 0 Å². The summed E-state index contributed by atoms with van der Waals surface area (Å²) in [5.41, 5.74) is -0.105. The van der Waals surface area contributed by atoms with Crippen LogP contribution in [-0.4, -0.2) is 55.4 Å². The summed E-state index contributed by atoms with van der Waals surface area (Å²) in [6, 6.07) is 0. The van der Waals surface area contributed by atoms with Gasteiger partial charge >= 0.3 is 0 Å². The molecule has 0 radical (unpaired) electrons. The van der Waals surface area contributed by atoms with E-state index >= 15 is 0 Å². The number of hydrogen-bond acceptors (Lipinski definition) is 5. The fourth-order valence-electron chi connectivity index (χ4n) is 6.70. The maximum Gasteiger partial charge on any atom is 0.142 e. The van der Waals surface area contributed by atoms with E-state index in [0.717, 1.165) is 57.9 Å². The number of oxime groups is 1. The molecule has 0 aliphatic heterocycles. The number of carbonyl (C=O) groups excluding carboxylic acids is 1. The highest BCUT2D eigenvalue weighted by Crippen LogP contribution is 2.61. The third-order valence-corrected chi connectivity index (χ3v) is 8.74. The molecule has 0 aromatic carbocycles. The molecule has 0 heterocycles. The van der Waals surface area contributed by atoms with Crippen LogP contribution in [0.1, 0.15) is 72.1 Å². The normalized spacial score (nSPS) is 41.3. The first kappa shape index (κ1) is 22.7. The van der Waals surface area contributed by atoms with Crippen LogP contribution >= 0.6 is 0 Å². The van der Waals surface area contributed by atoms with Crippen LogP contribution in [0.15, 0.2) is 5.16 Å². The Morgan fingerprint density at radius 2 is 2.00 bits per heavy atom. The molecule has 3 saturated carbocycles. The van der Waals surface area contributed by atoms with Gasteiger partial charge in [-0.3, -0.25) is 4.79 Å². The summed E-state index contributed by atoms with van der Waals surface area (Å²) in [5.74, 6) is 1.85. The largest absolute Gasteiger partial charge is 0.395 e. The van der Waals surface area contributed by atoms with Gasteiger partial charge in [0.2, 0.25) is 0 Å². The molecule has 7 atom stereocenters. The van der Waals surface area contributed by atoms with Crippen molar-refractivity contribution in [2.24, 2.45) is 39.7 Å². The minimum atomic E-state index is -0.332. The Morgan fingerprint density at radius 1 is 1.24 bits per heavy atom. The standard InChI is InChI=1S/C24H42N2O3/c1-6-17(16-25-29-14-13-26(4)5)24(3)12-10-21-20(22(24)28)8-7-18-15-19(27)9-11-23(18,21)2/h16-21,27H,6-15H2,1-5H3/b25-16+/t17-,18-,19-,20?,21?,23-,24+/m0/s1. The summed E-state index contributed by atoms with van der Waals surface area (Å²) < 4.78 is 0. The first-order chi connectivity index (χ1) is 13.7. The second kappa shape index (κ2) is 9.05. The molecule has 0 aromatic heterocycles. The predicted octanol–water partition coefficient (Wildman–Crippen LogP) is 4.14. The van der Waals surface area contributed by atoms with Gasteiger partial charge in [0.05, 0.1) is 6.10 Å². The minimum absolute atomic E-state index is 0.133. The van der Waals surface area contributed by atoms with Crippen molar-refractivity contribution >= 4 is 12.0 Å². The molecule has 0 bridgehead atoms. The van der Waals surface area contributed by atoms with E-state index < -0.39 is 0 Å². The summed E-state index contributed by atoms with van der Waals surface area (Å²) in [7, 11) is 4.03. The number of Topliss-reactive ketones (excluding diaryl/α,β-unsaturated/α-hetero) is 1. The number of rotatable bonds is 7. The van der Waals surface area contributed by atoms with E-state index in [2.05, 4.69) is 30.8 Å². The maximum absolute atomic E-state index is 13.8. The predicted molar refractivity (Wildman–Crippen MR) is 117 cm³/mol. The molecule has 3 aliphatic rings. The van der Waals surface area contributed by atoms with Crippen LogP contribution in [0.25, 0.3) is 0 Å². The average Bonchev–Trinajstić information content (AvgIpc) is 2.67. The van der Waals surface area contributed by atoms with Crippen molar-refractivity contribution in [2.45, 2.75) is 78.2 Å². The molecule has 0 saturated heterocycles. The van der Waals surface area contributed by atoms with Gasteiger partial charge in [-0.2, -0.15) is 0 Å². The van der Waals surface area contributed by atoms with E-state index in [4.69, 9.17) is 4.84 Å². The van der Waals surface area contributed by atoms with E-state index in [1.165, 1.54) is 0 Å². The van der Waals surface area contributed by atoms with Crippen molar-refractivity contribution in [3.63, 3.8) is 0 Å². The van der Waals surface area contributed by atoms with Crippen LogP contribution in [-0.2, 0) is 9.63 Å². The van der Waals surface area contributed by atoms with Crippen molar-refractivity contribution in [2.75, 3.05) is 27.2 Å². The lowest BCUT2D eigenvalue weighted by atomic mass is 9.46. The molecule has 3 rings (SSSR count). The van der Waals surface area contributed by atoms with Gasteiger partial charge in [0.1, 0.15) is 12.4 Å². The molecule has 2 unspecified atom stereocenters. The molecule has 1 N–H and O–H groups in total. The molecule has 5 heteroatoms. The molecule has 166 valence electrons. The fraction of sp³-hybridized carbons (Fsp3) is 0.917. The van der Waals surface area contributed by atoms with Gasteiger partial charge in [-0.1, -0.05) is 25.9 Å².